The van der Waals surface area contributed by atoms with Crippen LogP contribution in [0.15, 0.2) is 28.7 Å². The molecule has 0 saturated carbocycles. The number of ether oxygens (including phenoxy) is 1. The monoisotopic (exact) mass is 382 g/mol. The van der Waals surface area contributed by atoms with Crippen molar-refractivity contribution in [1.29, 1.82) is 0 Å². The highest BCUT2D eigenvalue weighted by Gasteiger charge is 2.26. The van der Waals surface area contributed by atoms with E-state index < -0.39 is 5.60 Å². The number of carbonyl (C=O) groups is 1. The Hall–Kier alpha value is -1.07. The summed E-state index contributed by atoms with van der Waals surface area (Å²) in [5, 5.41) is 2.99. The molecule has 0 bridgehead atoms. The molecule has 1 aromatic carbocycles. The van der Waals surface area contributed by atoms with Crippen molar-refractivity contribution in [2.45, 2.75) is 58.2 Å². The first-order chi connectivity index (χ1) is 10.7. The van der Waals surface area contributed by atoms with Gasteiger partial charge in [-0.15, -0.1) is 0 Å². The number of halogens is 1. The van der Waals surface area contributed by atoms with E-state index in [2.05, 4.69) is 51.3 Å². The lowest BCUT2D eigenvalue weighted by molar-refractivity contribution is 0.0470. The SMILES string of the molecule is CC(c1cccc(Br)c1)N1CCC(NC(=O)OC(C)(C)C)CC1. The molecule has 0 radical (unpaired) electrons. The topological polar surface area (TPSA) is 41.6 Å². The summed E-state index contributed by atoms with van der Waals surface area (Å²) >= 11 is 3.54. The van der Waals surface area contributed by atoms with E-state index in [1.54, 1.807) is 0 Å². The van der Waals surface area contributed by atoms with E-state index in [4.69, 9.17) is 4.74 Å². The Kier molecular flexibility index (Phi) is 6.09. The maximum Gasteiger partial charge on any atom is 0.407 e. The van der Waals surface area contributed by atoms with Crippen LogP contribution in [0.1, 0.15) is 52.1 Å². The van der Waals surface area contributed by atoms with Gasteiger partial charge in [0.2, 0.25) is 0 Å². The second kappa shape index (κ2) is 7.67. The molecule has 1 aliphatic heterocycles. The quantitative estimate of drug-likeness (QED) is 0.836. The van der Waals surface area contributed by atoms with Crippen LogP contribution in [-0.4, -0.2) is 35.7 Å². The van der Waals surface area contributed by atoms with Crippen molar-refractivity contribution in [1.82, 2.24) is 10.2 Å². The molecule has 5 heteroatoms. The molecule has 1 heterocycles. The third-order valence-electron chi connectivity index (χ3n) is 4.13. The number of hydrogen-bond donors (Lipinski definition) is 1. The molecule has 128 valence electrons. The highest BCUT2D eigenvalue weighted by molar-refractivity contribution is 9.10. The molecular formula is C18H27BrN2O2. The molecule has 0 aromatic heterocycles. The molecule has 0 aliphatic carbocycles. The fourth-order valence-corrected chi connectivity index (χ4v) is 3.30. The van der Waals surface area contributed by atoms with Gasteiger partial charge in [-0.3, -0.25) is 4.90 Å². The number of likely N-dealkylation sites (tertiary alicyclic amines) is 1. The highest BCUT2D eigenvalue weighted by atomic mass is 79.9. The number of benzene rings is 1. The lowest BCUT2D eigenvalue weighted by Gasteiger charge is -2.36. The summed E-state index contributed by atoms with van der Waals surface area (Å²) in [5.74, 6) is 0. The maximum atomic E-state index is 11.8. The first-order valence-corrected chi connectivity index (χ1v) is 9.03. The molecule has 1 aliphatic rings. The van der Waals surface area contributed by atoms with Gasteiger partial charge in [0.25, 0.3) is 0 Å². The second-order valence-corrected chi connectivity index (χ2v) is 8.10. The summed E-state index contributed by atoms with van der Waals surface area (Å²) in [6.07, 6.45) is 1.60. The summed E-state index contributed by atoms with van der Waals surface area (Å²) in [7, 11) is 0. The van der Waals surface area contributed by atoms with E-state index in [9.17, 15) is 4.79 Å². The Labute approximate surface area is 147 Å². The van der Waals surface area contributed by atoms with Crippen LogP contribution >= 0.6 is 15.9 Å². The average molecular weight is 383 g/mol. The van der Waals surface area contributed by atoms with E-state index in [0.717, 1.165) is 30.4 Å². The zero-order valence-electron chi connectivity index (χ0n) is 14.4. The Bertz CT molecular complexity index is 534. The molecule has 1 amide bonds. The molecule has 2 rings (SSSR count). The smallest absolute Gasteiger partial charge is 0.407 e. The second-order valence-electron chi connectivity index (χ2n) is 7.19. The van der Waals surface area contributed by atoms with Crippen molar-refractivity contribution >= 4 is 22.0 Å². The van der Waals surface area contributed by atoms with Gasteiger partial charge in [0.05, 0.1) is 0 Å². The van der Waals surface area contributed by atoms with Crippen LogP contribution in [0.4, 0.5) is 4.79 Å². The van der Waals surface area contributed by atoms with Gasteiger partial charge < -0.3 is 10.1 Å². The Balaban J connectivity index is 1.83. The minimum absolute atomic E-state index is 0.204. The minimum atomic E-state index is -0.444. The third-order valence-corrected chi connectivity index (χ3v) is 4.62. The molecule has 1 saturated heterocycles. The van der Waals surface area contributed by atoms with Gasteiger partial charge in [0.15, 0.2) is 0 Å². The van der Waals surface area contributed by atoms with E-state index in [1.807, 2.05) is 26.8 Å². The Morgan fingerprint density at radius 1 is 1.35 bits per heavy atom. The van der Waals surface area contributed by atoms with Crippen LogP contribution in [0.3, 0.4) is 0 Å². The number of piperidine rings is 1. The first-order valence-electron chi connectivity index (χ1n) is 8.23. The number of carbonyl (C=O) groups excluding carboxylic acids is 1. The summed E-state index contributed by atoms with van der Waals surface area (Å²) < 4.78 is 6.44. The molecule has 1 fully saturated rings. The normalized spacial score (nSPS) is 18.5. The van der Waals surface area contributed by atoms with Crippen molar-refractivity contribution in [3.8, 4) is 0 Å². The lowest BCUT2D eigenvalue weighted by atomic mass is 10.0. The van der Waals surface area contributed by atoms with E-state index in [1.165, 1.54) is 5.56 Å². The van der Waals surface area contributed by atoms with Crippen LogP contribution in [0.25, 0.3) is 0 Å². The summed E-state index contributed by atoms with van der Waals surface area (Å²) in [5.41, 5.74) is 0.873. The number of nitrogens with zero attached hydrogens (tertiary/aromatic N) is 1. The molecule has 1 unspecified atom stereocenters. The fourth-order valence-electron chi connectivity index (χ4n) is 2.88. The summed E-state index contributed by atoms with van der Waals surface area (Å²) in [4.78, 5) is 14.3. The zero-order valence-corrected chi connectivity index (χ0v) is 16.0. The Morgan fingerprint density at radius 2 is 2.00 bits per heavy atom. The zero-order chi connectivity index (χ0) is 17.0. The van der Waals surface area contributed by atoms with Crippen molar-refractivity contribution in [3.63, 3.8) is 0 Å². The number of hydrogen-bond acceptors (Lipinski definition) is 3. The van der Waals surface area contributed by atoms with Crippen molar-refractivity contribution in [3.05, 3.63) is 34.3 Å². The molecule has 23 heavy (non-hydrogen) atoms. The van der Waals surface area contributed by atoms with Gasteiger partial charge in [-0.25, -0.2) is 4.79 Å². The Morgan fingerprint density at radius 3 is 2.57 bits per heavy atom. The van der Waals surface area contributed by atoms with Crippen LogP contribution in [0.5, 0.6) is 0 Å². The average Bonchev–Trinajstić information content (AvgIpc) is 2.45. The fraction of sp³-hybridized carbons (Fsp3) is 0.611. The number of alkyl carbamates (subject to hydrolysis) is 1. The van der Waals surface area contributed by atoms with Gasteiger partial charge in [-0.2, -0.15) is 0 Å². The standard InChI is InChI=1S/C18H27BrN2O2/c1-13(14-6-5-7-15(19)12-14)21-10-8-16(9-11-21)20-17(22)23-18(2,3)4/h5-7,12-13,16H,8-11H2,1-4H3,(H,20,22). The van der Waals surface area contributed by atoms with Gasteiger partial charge in [-0.05, 0) is 58.2 Å². The molecule has 1 aromatic rings. The van der Waals surface area contributed by atoms with Gasteiger partial charge in [-0.1, -0.05) is 28.1 Å². The van der Waals surface area contributed by atoms with Crippen LogP contribution in [0, 0.1) is 0 Å². The van der Waals surface area contributed by atoms with Crippen molar-refractivity contribution in [2.24, 2.45) is 0 Å². The minimum Gasteiger partial charge on any atom is -0.444 e. The van der Waals surface area contributed by atoms with E-state index in [0.29, 0.717) is 6.04 Å². The largest absolute Gasteiger partial charge is 0.444 e. The lowest BCUT2D eigenvalue weighted by Crippen LogP contribution is -2.46. The maximum absolute atomic E-state index is 11.8. The summed E-state index contributed by atoms with van der Waals surface area (Å²) in [6.45, 7) is 9.85. The number of rotatable bonds is 3. The number of nitrogens with one attached hydrogen (secondary N) is 1. The van der Waals surface area contributed by atoms with Gasteiger partial charge in [0.1, 0.15) is 5.60 Å². The first kappa shape index (κ1) is 18.3. The van der Waals surface area contributed by atoms with Gasteiger partial charge in [0, 0.05) is 29.6 Å². The molecule has 4 nitrogen and oxygen atoms in total. The molecular weight excluding hydrogens is 356 g/mol. The van der Waals surface area contributed by atoms with Crippen molar-refractivity contribution in [2.75, 3.05) is 13.1 Å². The molecule has 1 atom stereocenters. The highest BCUT2D eigenvalue weighted by Crippen LogP contribution is 2.26. The molecule has 0 spiro atoms. The van der Waals surface area contributed by atoms with Crippen LogP contribution in [0.2, 0.25) is 0 Å². The van der Waals surface area contributed by atoms with Crippen LogP contribution < -0.4 is 5.32 Å². The van der Waals surface area contributed by atoms with E-state index >= 15 is 0 Å². The number of amides is 1. The summed E-state index contributed by atoms with van der Waals surface area (Å²) in [6, 6.07) is 9.06. The molecule has 1 N–H and O–H groups in total. The predicted octanol–water partition coefficient (Wildman–Crippen LogP) is 4.50. The predicted molar refractivity (Wildman–Crippen MR) is 96.5 cm³/mol. The van der Waals surface area contributed by atoms with E-state index in [-0.39, 0.29) is 12.1 Å². The van der Waals surface area contributed by atoms with Crippen molar-refractivity contribution < 1.29 is 9.53 Å². The third kappa shape index (κ3) is 5.81. The van der Waals surface area contributed by atoms with Crippen LogP contribution in [-0.2, 0) is 4.74 Å². The van der Waals surface area contributed by atoms with Gasteiger partial charge >= 0.3 is 6.09 Å².